The molecule has 2 aromatic rings. The van der Waals surface area contributed by atoms with E-state index >= 15 is 0 Å². The monoisotopic (exact) mass is 192 g/mol. The lowest BCUT2D eigenvalue weighted by atomic mass is 11.0. The van der Waals surface area contributed by atoms with Gasteiger partial charge in [0.1, 0.15) is 25.3 Å². The van der Waals surface area contributed by atoms with Gasteiger partial charge >= 0.3 is 12.0 Å². The minimum Gasteiger partial charge on any atom is -0.244 e. The molecule has 0 aromatic carbocycles. The molecule has 0 bridgehead atoms. The SMILES string of the molecule is c1ncnc(OOc2ncncn2)n1. The van der Waals surface area contributed by atoms with Gasteiger partial charge in [0.05, 0.1) is 0 Å². The average Bonchev–Trinajstić information content (AvgIpc) is 2.29. The Kier molecular flexibility index (Phi) is 2.37. The highest BCUT2D eigenvalue weighted by atomic mass is 17.2. The van der Waals surface area contributed by atoms with E-state index in [1.807, 2.05) is 0 Å². The van der Waals surface area contributed by atoms with E-state index in [0.717, 1.165) is 0 Å². The van der Waals surface area contributed by atoms with Crippen LogP contribution in [0, 0.1) is 0 Å². The van der Waals surface area contributed by atoms with E-state index in [1.165, 1.54) is 25.3 Å². The Morgan fingerprint density at radius 3 is 1.36 bits per heavy atom. The standard InChI is InChI=1S/C6H4N6O2/c1-7-2-10-5(9-1)13-14-6-11-3-8-4-12-6/h1-4H. The zero-order valence-corrected chi connectivity index (χ0v) is 6.81. The Morgan fingerprint density at radius 1 is 0.643 bits per heavy atom. The Bertz CT molecular complexity index is 343. The van der Waals surface area contributed by atoms with Gasteiger partial charge in [-0.2, -0.15) is 19.9 Å². The van der Waals surface area contributed by atoms with Crippen LogP contribution in [-0.2, 0) is 0 Å². The summed E-state index contributed by atoms with van der Waals surface area (Å²) in [6.45, 7) is 0. The maximum Gasteiger partial charge on any atom is 0.369 e. The lowest BCUT2D eigenvalue weighted by Gasteiger charge is -1.99. The smallest absolute Gasteiger partial charge is 0.244 e. The fourth-order valence-corrected chi connectivity index (χ4v) is 0.618. The zero-order valence-electron chi connectivity index (χ0n) is 6.81. The van der Waals surface area contributed by atoms with E-state index in [9.17, 15) is 0 Å². The minimum absolute atomic E-state index is 0.0282. The molecular formula is C6H4N6O2. The van der Waals surface area contributed by atoms with Gasteiger partial charge in [-0.25, -0.2) is 19.7 Å². The summed E-state index contributed by atoms with van der Waals surface area (Å²) in [5.74, 6) is 0. The molecule has 0 aliphatic heterocycles. The Hall–Kier alpha value is -2.38. The van der Waals surface area contributed by atoms with Crippen molar-refractivity contribution < 1.29 is 9.78 Å². The lowest BCUT2D eigenvalue weighted by Crippen LogP contribution is -2.06. The van der Waals surface area contributed by atoms with Crippen LogP contribution in [0.25, 0.3) is 0 Å². The Morgan fingerprint density at radius 2 is 1.00 bits per heavy atom. The first-order valence-corrected chi connectivity index (χ1v) is 3.53. The summed E-state index contributed by atoms with van der Waals surface area (Å²) in [7, 11) is 0. The second-order valence-electron chi connectivity index (χ2n) is 2.01. The summed E-state index contributed by atoms with van der Waals surface area (Å²) in [5.41, 5.74) is 0. The van der Waals surface area contributed by atoms with E-state index in [2.05, 4.69) is 39.7 Å². The van der Waals surface area contributed by atoms with E-state index < -0.39 is 0 Å². The molecule has 0 unspecified atom stereocenters. The van der Waals surface area contributed by atoms with Crippen molar-refractivity contribution in [2.24, 2.45) is 0 Å². The number of hydrogen-bond acceptors (Lipinski definition) is 8. The van der Waals surface area contributed by atoms with Crippen LogP contribution in [0.1, 0.15) is 0 Å². The van der Waals surface area contributed by atoms with Crippen LogP contribution in [-0.4, -0.2) is 29.9 Å². The number of hydrogen-bond donors (Lipinski definition) is 0. The molecule has 0 N–H and O–H groups in total. The van der Waals surface area contributed by atoms with E-state index in [-0.39, 0.29) is 12.0 Å². The van der Waals surface area contributed by atoms with E-state index in [1.54, 1.807) is 0 Å². The Balaban J connectivity index is 1.96. The fraction of sp³-hybridized carbons (Fsp3) is 0. The topological polar surface area (TPSA) is 95.8 Å². The first-order valence-electron chi connectivity index (χ1n) is 3.53. The van der Waals surface area contributed by atoms with Crippen molar-refractivity contribution in [2.75, 3.05) is 0 Å². The fourth-order valence-electron chi connectivity index (χ4n) is 0.618. The first kappa shape index (κ1) is 8.23. The zero-order chi connectivity index (χ0) is 9.64. The number of nitrogens with zero attached hydrogens (tertiary/aromatic N) is 6. The molecule has 0 saturated heterocycles. The van der Waals surface area contributed by atoms with Gasteiger partial charge in [0.15, 0.2) is 0 Å². The molecule has 2 aromatic heterocycles. The molecule has 0 aliphatic carbocycles. The summed E-state index contributed by atoms with van der Waals surface area (Å²) in [6.07, 6.45) is 5.11. The number of rotatable bonds is 3. The van der Waals surface area contributed by atoms with Crippen LogP contribution in [0.3, 0.4) is 0 Å². The van der Waals surface area contributed by atoms with E-state index in [0.29, 0.717) is 0 Å². The van der Waals surface area contributed by atoms with Crippen LogP contribution in [0.15, 0.2) is 25.3 Å². The highest BCUT2D eigenvalue weighted by Crippen LogP contribution is 2.00. The quantitative estimate of drug-likeness (QED) is 0.471. The molecule has 8 nitrogen and oxygen atoms in total. The summed E-state index contributed by atoms with van der Waals surface area (Å²) in [5, 5.41) is 0. The van der Waals surface area contributed by atoms with Gasteiger partial charge in [-0.1, -0.05) is 0 Å². The molecule has 0 saturated carbocycles. The minimum atomic E-state index is 0.0282. The third-order valence-electron chi connectivity index (χ3n) is 1.13. The molecule has 0 amide bonds. The molecular weight excluding hydrogens is 188 g/mol. The van der Waals surface area contributed by atoms with E-state index in [4.69, 9.17) is 0 Å². The van der Waals surface area contributed by atoms with Crippen LogP contribution in [0.4, 0.5) is 0 Å². The summed E-state index contributed by atoms with van der Waals surface area (Å²) in [6, 6.07) is 0.0563. The third-order valence-corrected chi connectivity index (χ3v) is 1.13. The summed E-state index contributed by atoms with van der Waals surface area (Å²) >= 11 is 0. The van der Waals surface area contributed by atoms with Crippen LogP contribution in [0.5, 0.6) is 12.0 Å². The molecule has 8 heteroatoms. The second kappa shape index (κ2) is 4.03. The van der Waals surface area contributed by atoms with Crippen LogP contribution in [0.2, 0.25) is 0 Å². The van der Waals surface area contributed by atoms with Gasteiger partial charge in [0, 0.05) is 0 Å². The average molecular weight is 192 g/mol. The maximum absolute atomic E-state index is 4.68. The van der Waals surface area contributed by atoms with Crippen molar-refractivity contribution in [1.82, 2.24) is 29.9 Å². The molecule has 2 heterocycles. The van der Waals surface area contributed by atoms with Crippen molar-refractivity contribution in [3.8, 4) is 12.0 Å². The molecule has 0 radical (unpaired) electrons. The predicted molar refractivity (Wildman–Crippen MR) is 40.9 cm³/mol. The summed E-state index contributed by atoms with van der Waals surface area (Å²) in [4.78, 5) is 31.2. The van der Waals surface area contributed by atoms with Gasteiger partial charge < -0.3 is 0 Å². The molecule has 0 spiro atoms. The first-order chi connectivity index (χ1) is 6.95. The van der Waals surface area contributed by atoms with Gasteiger partial charge in [-0.3, -0.25) is 0 Å². The maximum atomic E-state index is 4.68. The highest BCUT2D eigenvalue weighted by molar-refractivity contribution is 4.89. The van der Waals surface area contributed by atoms with Gasteiger partial charge in [-0.05, 0) is 0 Å². The predicted octanol–water partition coefficient (Wildman–Crippen LogP) is -0.571. The van der Waals surface area contributed by atoms with Crippen LogP contribution < -0.4 is 9.78 Å². The molecule has 0 fully saturated rings. The van der Waals surface area contributed by atoms with Crippen molar-refractivity contribution >= 4 is 0 Å². The summed E-state index contributed by atoms with van der Waals surface area (Å²) < 4.78 is 0. The molecule has 14 heavy (non-hydrogen) atoms. The van der Waals surface area contributed by atoms with Crippen molar-refractivity contribution in [3.05, 3.63) is 25.3 Å². The van der Waals surface area contributed by atoms with Crippen molar-refractivity contribution in [1.29, 1.82) is 0 Å². The molecule has 2 rings (SSSR count). The number of aromatic nitrogens is 6. The molecule has 0 aliphatic rings. The second-order valence-corrected chi connectivity index (χ2v) is 2.01. The lowest BCUT2D eigenvalue weighted by molar-refractivity contribution is -0.117. The Labute approximate surface area is 78.0 Å². The normalized spacial score (nSPS) is 9.43. The van der Waals surface area contributed by atoms with Crippen molar-refractivity contribution in [2.45, 2.75) is 0 Å². The van der Waals surface area contributed by atoms with Crippen molar-refractivity contribution in [3.63, 3.8) is 0 Å². The van der Waals surface area contributed by atoms with Gasteiger partial charge in [0.2, 0.25) is 0 Å². The molecule has 0 atom stereocenters. The largest absolute Gasteiger partial charge is 0.369 e. The van der Waals surface area contributed by atoms with Gasteiger partial charge in [-0.15, -0.1) is 0 Å². The third kappa shape index (κ3) is 2.06. The highest BCUT2D eigenvalue weighted by Gasteiger charge is 2.00. The molecule has 70 valence electrons. The van der Waals surface area contributed by atoms with Gasteiger partial charge in [0.25, 0.3) is 0 Å². The van der Waals surface area contributed by atoms with Crippen LogP contribution >= 0.6 is 0 Å².